The average molecular weight is 306 g/mol. The molecule has 1 aromatic rings. The predicted octanol–water partition coefficient (Wildman–Crippen LogP) is 4.95. The van der Waals surface area contributed by atoms with E-state index in [-0.39, 0.29) is 11.9 Å². The van der Waals surface area contributed by atoms with Gasteiger partial charge in [-0.2, -0.15) is 0 Å². The summed E-state index contributed by atoms with van der Waals surface area (Å²) >= 11 is 0. The summed E-state index contributed by atoms with van der Waals surface area (Å²) in [7, 11) is 0. The Bertz CT molecular complexity index is 468. The van der Waals surface area contributed by atoms with E-state index in [1.54, 1.807) is 0 Å². The number of hydrogen-bond acceptors (Lipinski definition) is 3. The standard InChI is InChI=1S/C19H30O3/c1-8-14(4)15-9-11-16(12-10-15)21-17(13(2)3)18(20)22-19(5,6)7/h9-14,17H,8H2,1-7H3. The topological polar surface area (TPSA) is 35.5 Å². The third-order valence-electron chi connectivity index (χ3n) is 3.57. The minimum Gasteiger partial charge on any atom is -0.478 e. The third-order valence-corrected chi connectivity index (χ3v) is 3.57. The molecule has 0 amide bonds. The fourth-order valence-electron chi connectivity index (χ4n) is 2.07. The second-order valence-corrected chi connectivity index (χ2v) is 7.19. The van der Waals surface area contributed by atoms with Crippen molar-refractivity contribution in [1.29, 1.82) is 0 Å². The summed E-state index contributed by atoms with van der Waals surface area (Å²) in [6.07, 6.45) is 0.515. The van der Waals surface area contributed by atoms with Crippen LogP contribution in [0.1, 0.15) is 66.4 Å². The van der Waals surface area contributed by atoms with E-state index in [1.165, 1.54) is 5.56 Å². The Morgan fingerprint density at radius 2 is 1.64 bits per heavy atom. The highest BCUT2D eigenvalue weighted by Gasteiger charge is 2.29. The molecule has 0 saturated heterocycles. The second-order valence-electron chi connectivity index (χ2n) is 7.19. The molecule has 0 spiro atoms. The highest BCUT2D eigenvalue weighted by molar-refractivity contribution is 5.75. The molecule has 0 radical (unpaired) electrons. The van der Waals surface area contributed by atoms with Gasteiger partial charge in [-0.05, 0) is 50.8 Å². The second kappa shape index (κ2) is 7.66. The molecule has 1 rings (SSSR count). The summed E-state index contributed by atoms with van der Waals surface area (Å²) in [6.45, 7) is 13.9. The third kappa shape index (κ3) is 5.70. The van der Waals surface area contributed by atoms with Crippen molar-refractivity contribution in [1.82, 2.24) is 0 Å². The van der Waals surface area contributed by atoms with Crippen molar-refractivity contribution in [3.8, 4) is 5.75 Å². The maximum atomic E-state index is 12.3. The van der Waals surface area contributed by atoms with Crippen molar-refractivity contribution in [3.05, 3.63) is 29.8 Å². The van der Waals surface area contributed by atoms with E-state index < -0.39 is 11.7 Å². The van der Waals surface area contributed by atoms with Gasteiger partial charge in [0.1, 0.15) is 11.4 Å². The number of carbonyl (C=O) groups excluding carboxylic acids is 1. The van der Waals surface area contributed by atoms with Crippen LogP contribution in [0, 0.1) is 5.92 Å². The highest BCUT2D eigenvalue weighted by atomic mass is 16.6. The van der Waals surface area contributed by atoms with Crippen LogP contribution in [0.5, 0.6) is 5.75 Å². The van der Waals surface area contributed by atoms with Gasteiger partial charge < -0.3 is 9.47 Å². The van der Waals surface area contributed by atoms with E-state index in [0.717, 1.165) is 6.42 Å². The number of hydrogen-bond donors (Lipinski definition) is 0. The van der Waals surface area contributed by atoms with Crippen molar-refractivity contribution >= 4 is 5.97 Å². The van der Waals surface area contributed by atoms with E-state index in [0.29, 0.717) is 11.7 Å². The van der Waals surface area contributed by atoms with Gasteiger partial charge in [-0.1, -0.05) is 39.8 Å². The number of rotatable bonds is 6. The lowest BCUT2D eigenvalue weighted by atomic mass is 9.99. The van der Waals surface area contributed by atoms with E-state index in [1.807, 2.05) is 46.8 Å². The Balaban J connectivity index is 2.81. The molecule has 0 aromatic heterocycles. The number of carbonyl (C=O) groups is 1. The van der Waals surface area contributed by atoms with Crippen LogP contribution in [0.25, 0.3) is 0 Å². The van der Waals surface area contributed by atoms with E-state index in [9.17, 15) is 4.79 Å². The zero-order chi connectivity index (χ0) is 16.9. The van der Waals surface area contributed by atoms with Crippen LogP contribution in [-0.2, 0) is 9.53 Å². The zero-order valence-electron chi connectivity index (χ0n) is 15.0. The Morgan fingerprint density at radius 3 is 2.05 bits per heavy atom. The van der Waals surface area contributed by atoms with Crippen LogP contribution in [0.3, 0.4) is 0 Å². The van der Waals surface area contributed by atoms with Gasteiger partial charge in [0.25, 0.3) is 0 Å². The van der Waals surface area contributed by atoms with Crippen LogP contribution < -0.4 is 4.74 Å². The van der Waals surface area contributed by atoms with Crippen LogP contribution >= 0.6 is 0 Å². The first kappa shape index (κ1) is 18.5. The van der Waals surface area contributed by atoms with E-state index in [4.69, 9.17) is 9.47 Å². The van der Waals surface area contributed by atoms with Crippen molar-refractivity contribution in [2.75, 3.05) is 0 Å². The maximum Gasteiger partial charge on any atom is 0.348 e. The summed E-state index contributed by atoms with van der Waals surface area (Å²) < 4.78 is 11.3. The SMILES string of the molecule is CCC(C)c1ccc(OC(C(=O)OC(C)(C)C)C(C)C)cc1. The summed E-state index contributed by atoms with van der Waals surface area (Å²) in [5.41, 5.74) is 0.779. The van der Waals surface area contributed by atoms with Gasteiger partial charge >= 0.3 is 5.97 Å². The monoisotopic (exact) mass is 306 g/mol. The van der Waals surface area contributed by atoms with Crippen LogP contribution in [0.4, 0.5) is 0 Å². The lowest BCUT2D eigenvalue weighted by Gasteiger charge is -2.26. The maximum absolute atomic E-state index is 12.3. The first-order valence-electron chi connectivity index (χ1n) is 8.13. The summed E-state index contributed by atoms with van der Waals surface area (Å²) in [5.74, 6) is 0.968. The quantitative estimate of drug-likeness (QED) is 0.698. The fourth-order valence-corrected chi connectivity index (χ4v) is 2.07. The van der Waals surface area contributed by atoms with Gasteiger partial charge in [0.15, 0.2) is 6.10 Å². The van der Waals surface area contributed by atoms with E-state index in [2.05, 4.69) is 26.0 Å². The molecule has 0 fully saturated rings. The highest BCUT2D eigenvalue weighted by Crippen LogP contribution is 2.24. The molecular formula is C19H30O3. The molecule has 0 heterocycles. The van der Waals surface area contributed by atoms with Gasteiger partial charge in [0.05, 0.1) is 0 Å². The molecule has 0 aliphatic heterocycles. The summed E-state index contributed by atoms with van der Waals surface area (Å²) in [4.78, 5) is 12.3. The molecule has 0 saturated carbocycles. The largest absolute Gasteiger partial charge is 0.478 e. The Kier molecular flexibility index (Phi) is 6.46. The molecule has 0 N–H and O–H groups in total. The van der Waals surface area contributed by atoms with Crippen molar-refractivity contribution in [2.24, 2.45) is 5.92 Å². The molecule has 0 aliphatic rings. The molecule has 3 heteroatoms. The minimum atomic E-state index is -0.589. The number of benzene rings is 1. The van der Waals surface area contributed by atoms with Crippen LogP contribution in [0.2, 0.25) is 0 Å². The molecule has 0 aliphatic carbocycles. The van der Waals surface area contributed by atoms with E-state index >= 15 is 0 Å². The smallest absolute Gasteiger partial charge is 0.348 e. The average Bonchev–Trinajstić information content (AvgIpc) is 2.42. The lowest BCUT2D eigenvalue weighted by molar-refractivity contribution is -0.165. The van der Waals surface area contributed by atoms with Crippen LogP contribution in [0.15, 0.2) is 24.3 Å². The predicted molar refractivity (Wildman–Crippen MR) is 90.2 cm³/mol. The van der Waals surface area contributed by atoms with Crippen molar-refractivity contribution in [3.63, 3.8) is 0 Å². The number of ether oxygens (including phenoxy) is 2. The summed E-state index contributed by atoms with van der Waals surface area (Å²) in [5, 5.41) is 0. The first-order valence-corrected chi connectivity index (χ1v) is 8.13. The Labute approximate surface area is 135 Å². The molecule has 22 heavy (non-hydrogen) atoms. The minimum absolute atomic E-state index is 0.0455. The lowest BCUT2D eigenvalue weighted by Crippen LogP contribution is -2.38. The first-order chi connectivity index (χ1) is 10.1. The van der Waals surface area contributed by atoms with Crippen molar-refractivity contribution in [2.45, 2.75) is 72.5 Å². The molecular weight excluding hydrogens is 276 g/mol. The summed E-state index contributed by atoms with van der Waals surface area (Å²) in [6, 6.07) is 7.99. The molecule has 2 atom stereocenters. The van der Waals surface area contributed by atoms with Gasteiger partial charge in [0.2, 0.25) is 0 Å². The zero-order valence-corrected chi connectivity index (χ0v) is 15.0. The molecule has 3 nitrogen and oxygen atoms in total. The number of esters is 1. The van der Waals surface area contributed by atoms with Crippen LogP contribution in [-0.4, -0.2) is 17.7 Å². The normalized spacial score (nSPS) is 14.5. The van der Waals surface area contributed by atoms with Gasteiger partial charge in [0, 0.05) is 5.92 Å². The van der Waals surface area contributed by atoms with Gasteiger partial charge in [-0.25, -0.2) is 4.79 Å². The fraction of sp³-hybridized carbons (Fsp3) is 0.632. The molecule has 1 aromatic carbocycles. The molecule has 2 unspecified atom stereocenters. The molecule has 124 valence electrons. The van der Waals surface area contributed by atoms with Crippen molar-refractivity contribution < 1.29 is 14.3 Å². The van der Waals surface area contributed by atoms with Gasteiger partial charge in [-0.3, -0.25) is 0 Å². The van der Waals surface area contributed by atoms with Gasteiger partial charge in [-0.15, -0.1) is 0 Å². The Hall–Kier alpha value is -1.51. The Morgan fingerprint density at radius 1 is 1.09 bits per heavy atom. The molecule has 0 bridgehead atoms.